The van der Waals surface area contributed by atoms with Gasteiger partial charge in [-0.1, -0.05) is 43.3 Å². The number of carbonyl (C=O) groups is 1. The van der Waals surface area contributed by atoms with Crippen molar-refractivity contribution in [3.63, 3.8) is 0 Å². The molecule has 0 unspecified atom stereocenters. The fraction of sp³-hybridized carbons (Fsp3) is 0.312. The number of esters is 1. The predicted octanol–water partition coefficient (Wildman–Crippen LogP) is 5.06. The highest BCUT2D eigenvalue weighted by atomic mass is 79.9. The summed E-state index contributed by atoms with van der Waals surface area (Å²) in [5.74, 6) is 0.121. The maximum Gasteiger partial charge on any atom is 0.341 e. The van der Waals surface area contributed by atoms with Gasteiger partial charge in [-0.3, -0.25) is 0 Å². The van der Waals surface area contributed by atoms with Crippen LogP contribution in [0.1, 0.15) is 31.6 Å². The Bertz CT molecular complexity index is 579. The standard InChI is InChI=1S/C13H11BrO3.C2H6.CH4/c1-16-12-7-8-3-4-10(14)5-9(8)6-11(12)13(15)17-2;1-2;/h3-7H,1-2H3;1-2H3;1H4. The van der Waals surface area contributed by atoms with E-state index in [1.807, 2.05) is 38.1 Å². The number of methoxy groups -OCH3 is 2. The molecule has 0 aliphatic heterocycles. The largest absolute Gasteiger partial charge is 0.496 e. The van der Waals surface area contributed by atoms with E-state index in [1.54, 1.807) is 6.07 Å². The molecule has 0 aliphatic carbocycles. The molecule has 0 spiro atoms. The first-order valence-electron chi connectivity index (χ1n) is 6.01. The highest BCUT2D eigenvalue weighted by molar-refractivity contribution is 9.10. The average Bonchev–Trinajstić information content (AvgIpc) is 2.47. The molecular weight excluding hydrogens is 320 g/mol. The van der Waals surface area contributed by atoms with E-state index in [4.69, 9.17) is 9.47 Å². The summed E-state index contributed by atoms with van der Waals surface area (Å²) in [5.41, 5.74) is 0.431. The lowest BCUT2D eigenvalue weighted by atomic mass is 10.1. The SMILES string of the molecule is C.CC.COC(=O)c1cc2cc(Br)ccc2cc1OC. The maximum atomic E-state index is 11.6. The molecule has 2 rings (SSSR count). The number of halogens is 1. The Balaban J connectivity index is 0.00000115. The fourth-order valence-electron chi connectivity index (χ4n) is 1.69. The minimum absolute atomic E-state index is 0. The van der Waals surface area contributed by atoms with Crippen LogP contribution in [-0.4, -0.2) is 20.2 Å². The van der Waals surface area contributed by atoms with E-state index in [0.29, 0.717) is 11.3 Å². The Morgan fingerprint density at radius 3 is 2.25 bits per heavy atom. The van der Waals surface area contributed by atoms with Crippen LogP contribution in [0, 0.1) is 0 Å². The van der Waals surface area contributed by atoms with E-state index < -0.39 is 5.97 Å². The summed E-state index contributed by atoms with van der Waals surface area (Å²) in [5, 5.41) is 1.97. The lowest BCUT2D eigenvalue weighted by Crippen LogP contribution is -2.04. The zero-order valence-electron chi connectivity index (χ0n) is 11.5. The Kier molecular flexibility index (Phi) is 7.92. The van der Waals surface area contributed by atoms with Crippen molar-refractivity contribution in [2.45, 2.75) is 21.3 Å². The first kappa shape index (κ1) is 18.4. The molecule has 0 bridgehead atoms. The van der Waals surface area contributed by atoms with Crippen LogP contribution >= 0.6 is 15.9 Å². The van der Waals surface area contributed by atoms with Gasteiger partial charge in [0.25, 0.3) is 0 Å². The molecular formula is C16H21BrO3. The molecule has 0 fully saturated rings. The van der Waals surface area contributed by atoms with E-state index in [9.17, 15) is 4.79 Å². The van der Waals surface area contributed by atoms with Crippen molar-refractivity contribution in [3.05, 3.63) is 40.4 Å². The Hall–Kier alpha value is -1.55. The van der Waals surface area contributed by atoms with Gasteiger partial charge in [-0.05, 0) is 35.0 Å². The van der Waals surface area contributed by atoms with E-state index >= 15 is 0 Å². The van der Waals surface area contributed by atoms with Crippen LogP contribution in [-0.2, 0) is 4.74 Å². The lowest BCUT2D eigenvalue weighted by Gasteiger charge is -2.09. The van der Waals surface area contributed by atoms with Gasteiger partial charge in [0.15, 0.2) is 0 Å². The van der Waals surface area contributed by atoms with E-state index in [-0.39, 0.29) is 7.43 Å². The van der Waals surface area contributed by atoms with Gasteiger partial charge < -0.3 is 9.47 Å². The van der Waals surface area contributed by atoms with Crippen LogP contribution in [0.5, 0.6) is 5.75 Å². The Labute approximate surface area is 129 Å². The van der Waals surface area contributed by atoms with Gasteiger partial charge in [0, 0.05) is 4.47 Å². The predicted molar refractivity (Wildman–Crippen MR) is 87.6 cm³/mol. The first-order valence-corrected chi connectivity index (χ1v) is 6.80. The van der Waals surface area contributed by atoms with Crippen molar-refractivity contribution < 1.29 is 14.3 Å². The zero-order valence-corrected chi connectivity index (χ0v) is 13.1. The summed E-state index contributed by atoms with van der Waals surface area (Å²) in [6.07, 6.45) is 0. The summed E-state index contributed by atoms with van der Waals surface area (Å²) >= 11 is 3.40. The summed E-state index contributed by atoms with van der Waals surface area (Å²) in [7, 11) is 2.89. The van der Waals surface area contributed by atoms with Crippen LogP contribution in [0.25, 0.3) is 10.8 Å². The number of rotatable bonds is 2. The Morgan fingerprint density at radius 1 is 1.05 bits per heavy atom. The summed E-state index contributed by atoms with van der Waals surface area (Å²) in [6.45, 7) is 4.00. The number of hydrogen-bond acceptors (Lipinski definition) is 3. The van der Waals surface area contributed by atoms with Crippen LogP contribution in [0.2, 0.25) is 0 Å². The lowest BCUT2D eigenvalue weighted by molar-refractivity contribution is 0.0597. The van der Waals surface area contributed by atoms with Gasteiger partial charge in [-0.25, -0.2) is 4.79 Å². The van der Waals surface area contributed by atoms with Crippen molar-refractivity contribution in [3.8, 4) is 5.75 Å². The third-order valence-corrected chi connectivity index (χ3v) is 3.02. The molecule has 0 radical (unpaired) electrons. The second-order valence-corrected chi connectivity index (χ2v) is 4.45. The molecule has 2 aromatic carbocycles. The third kappa shape index (κ3) is 3.97. The molecule has 2 aromatic rings. The topological polar surface area (TPSA) is 35.5 Å². The van der Waals surface area contributed by atoms with Gasteiger partial charge in [-0.15, -0.1) is 0 Å². The van der Waals surface area contributed by atoms with Crippen LogP contribution in [0.15, 0.2) is 34.8 Å². The first-order chi connectivity index (χ1) is 9.15. The van der Waals surface area contributed by atoms with Crippen LogP contribution in [0.4, 0.5) is 0 Å². The summed E-state index contributed by atoms with van der Waals surface area (Å²) < 4.78 is 10.9. The van der Waals surface area contributed by atoms with Crippen LogP contribution in [0.3, 0.4) is 0 Å². The zero-order chi connectivity index (χ0) is 14.4. The number of fused-ring (bicyclic) bond motifs is 1. The Morgan fingerprint density at radius 2 is 1.70 bits per heavy atom. The molecule has 0 N–H and O–H groups in total. The van der Waals surface area contributed by atoms with Gasteiger partial charge in [0.1, 0.15) is 11.3 Å². The second kappa shape index (κ2) is 8.59. The minimum atomic E-state index is -0.399. The summed E-state index contributed by atoms with van der Waals surface area (Å²) in [6, 6.07) is 9.45. The van der Waals surface area contributed by atoms with E-state index in [0.717, 1.165) is 15.2 Å². The van der Waals surface area contributed by atoms with Gasteiger partial charge in [0.2, 0.25) is 0 Å². The molecule has 0 aromatic heterocycles. The average molecular weight is 341 g/mol. The number of ether oxygens (including phenoxy) is 2. The van der Waals surface area contributed by atoms with Crippen molar-refractivity contribution in [1.29, 1.82) is 0 Å². The molecule has 0 aliphatic rings. The second-order valence-electron chi connectivity index (χ2n) is 3.54. The maximum absolute atomic E-state index is 11.6. The molecule has 4 heteroatoms. The number of benzene rings is 2. The summed E-state index contributed by atoms with van der Waals surface area (Å²) in [4.78, 5) is 11.6. The molecule has 0 atom stereocenters. The van der Waals surface area contributed by atoms with E-state index in [1.165, 1.54) is 14.2 Å². The van der Waals surface area contributed by atoms with Crippen molar-refractivity contribution in [1.82, 2.24) is 0 Å². The van der Waals surface area contributed by atoms with Crippen molar-refractivity contribution in [2.75, 3.05) is 14.2 Å². The molecule has 0 heterocycles. The quantitative estimate of drug-likeness (QED) is 0.716. The molecule has 0 amide bonds. The van der Waals surface area contributed by atoms with Gasteiger partial charge in [-0.2, -0.15) is 0 Å². The fourth-order valence-corrected chi connectivity index (χ4v) is 2.06. The van der Waals surface area contributed by atoms with Crippen molar-refractivity contribution >= 4 is 32.7 Å². The van der Waals surface area contributed by atoms with E-state index in [2.05, 4.69) is 15.9 Å². The minimum Gasteiger partial charge on any atom is -0.496 e. The smallest absolute Gasteiger partial charge is 0.341 e. The highest BCUT2D eigenvalue weighted by Gasteiger charge is 2.13. The highest BCUT2D eigenvalue weighted by Crippen LogP contribution is 2.28. The van der Waals surface area contributed by atoms with Crippen molar-refractivity contribution in [2.24, 2.45) is 0 Å². The molecule has 20 heavy (non-hydrogen) atoms. The molecule has 110 valence electrons. The molecule has 3 nitrogen and oxygen atoms in total. The van der Waals surface area contributed by atoms with Crippen LogP contribution < -0.4 is 4.74 Å². The molecule has 0 saturated carbocycles. The number of hydrogen-bond donors (Lipinski definition) is 0. The normalized spacial score (nSPS) is 9.05. The monoisotopic (exact) mass is 340 g/mol. The molecule has 0 saturated heterocycles. The van der Waals surface area contributed by atoms with Gasteiger partial charge in [0.05, 0.1) is 14.2 Å². The number of carbonyl (C=O) groups excluding carboxylic acids is 1. The van der Waals surface area contributed by atoms with Gasteiger partial charge >= 0.3 is 5.97 Å². The third-order valence-electron chi connectivity index (χ3n) is 2.53.